The van der Waals surface area contributed by atoms with Crippen molar-refractivity contribution < 1.29 is 22.3 Å². The molecule has 0 saturated heterocycles. The fourth-order valence-corrected chi connectivity index (χ4v) is 2.77. The summed E-state index contributed by atoms with van der Waals surface area (Å²) in [6.45, 7) is 4.06. The molecule has 0 aliphatic carbocycles. The van der Waals surface area contributed by atoms with E-state index in [1.165, 1.54) is 42.5 Å². The molecule has 0 fully saturated rings. The van der Waals surface area contributed by atoms with E-state index in [4.69, 9.17) is 20.8 Å². The lowest BCUT2D eigenvalue weighted by atomic mass is 10.0. The normalized spacial score (nSPS) is 11.5. The molecule has 1 aromatic heterocycles. The number of rotatable bonds is 4. The maximum Gasteiger partial charge on any atom is 0.450 e. The minimum absolute atomic E-state index is 0.0347. The summed E-state index contributed by atoms with van der Waals surface area (Å²) in [4.78, 5) is 12.9. The molecule has 0 spiro atoms. The van der Waals surface area contributed by atoms with E-state index >= 15 is 0 Å². The molecule has 28 heavy (non-hydrogen) atoms. The molecule has 0 radical (unpaired) electrons. The number of hydrogen-bond acceptors (Lipinski definition) is 3. The lowest BCUT2D eigenvalue weighted by Gasteiger charge is -2.13. The molecule has 0 bridgehead atoms. The van der Waals surface area contributed by atoms with Gasteiger partial charge in [-0.25, -0.2) is 0 Å². The van der Waals surface area contributed by atoms with E-state index in [2.05, 4.69) is 0 Å². The molecule has 0 aliphatic rings. The lowest BCUT2D eigenvalue weighted by Crippen LogP contribution is -2.16. The Kier molecular flexibility index (Phi) is 5.52. The van der Waals surface area contributed by atoms with Gasteiger partial charge in [0, 0.05) is 11.1 Å². The summed E-state index contributed by atoms with van der Waals surface area (Å²) in [5.41, 5.74) is -0.387. The van der Waals surface area contributed by atoms with E-state index in [1.807, 2.05) is 19.9 Å². The van der Waals surface area contributed by atoms with Gasteiger partial charge < -0.3 is 9.15 Å². The van der Waals surface area contributed by atoms with Crippen LogP contribution in [-0.4, -0.2) is 6.61 Å². The predicted molar refractivity (Wildman–Crippen MR) is 103 cm³/mol. The van der Waals surface area contributed by atoms with Crippen molar-refractivity contribution in [2.75, 3.05) is 6.61 Å². The summed E-state index contributed by atoms with van der Waals surface area (Å²) in [5.74, 6) is -1.05. The van der Waals surface area contributed by atoms with Crippen LogP contribution < -0.4 is 10.2 Å². The SMILES string of the molecule is CC(C)=CCOc1ccc2c(=O)c(-c3ccc(Cl)cc3)c(C(F)(F)F)oc2c1. The zero-order chi connectivity index (χ0) is 20.5. The highest BCUT2D eigenvalue weighted by Gasteiger charge is 2.39. The third-order valence-corrected chi connectivity index (χ3v) is 4.25. The lowest BCUT2D eigenvalue weighted by molar-refractivity contribution is -0.152. The van der Waals surface area contributed by atoms with Crippen LogP contribution in [0.15, 0.2) is 63.3 Å². The van der Waals surface area contributed by atoms with Gasteiger partial charge in [0.1, 0.15) is 17.9 Å². The molecule has 7 heteroatoms. The molecule has 3 aromatic rings. The van der Waals surface area contributed by atoms with Gasteiger partial charge >= 0.3 is 6.18 Å². The first-order valence-corrected chi connectivity index (χ1v) is 8.75. The van der Waals surface area contributed by atoms with Crippen molar-refractivity contribution in [3.63, 3.8) is 0 Å². The number of halogens is 4. The van der Waals surface area contributed by atoms with Crippen molar-refractivity contribution >= 4 is 22.6 Å². The minimum atomic E-state index is -4.85. The highest BCUT2D eigenvalue weighted by atomic mass is 35.5. The zero-order valence-electron chi connectivity index (χ0n) is 15.1. The molecule has 3 nitrogen and oxygen atoms in total. The molecule has 3 rings (SSSR count). The van der Waals surface area contributed by atoms with Gasteiger partial charge in [0.05, 0.1) is 10.9 Å². The van der Waals surface area contributed by atoms with E-state index in [1.54, 1.807) is 0 Å². The molecule has 2 aromatic carbocycles. The van der Waals surface area contributed by atoms with Crippen molar-refractivity contribution in [3.05, 3.63) is 75.1 Å². The van der Waals surface area contributed by atoms with Crippen LogP contribution in [0.3, 0.4) is 0 Å². The Balaban J connectivity index is 2.18. The van der Waals surface area contributed by atoms with Crippen molar-refractivity contribution in [1.82, 2.24) is 0 Å². The summed E-state index contributed by atoms with van der Waals surface area (Å²) in [5, 5.41) is 0.383. The van der Waals surface area contributed by atoms with Gasteiger partial charge in [-0.1, -0.05) is 29.3 Å². The van der Waals surface area contributed by atoms with E-state index < -0.39 is 22.9 Å². The molecule has 0 N–H and O–H groups in total. The molecule has 0 amide bonds. The summed E-state index contributed by atoms with van der Waals surface area (Å²) < 4.78 is 51.5. The first-order chi connectivity index (χ1) is 13.2. The number of benzene rings is 2. The molecular weight excluding hydrogens is 393 g/mol. The topological polar surface area (TPSA) is 39.4 Å². The Morgan fingerprint density at radius 2 is 1.82 bits per heavy atom. The third-order valence-electron chi connectivity index (χ3n) is 4.00. The molecule has 0 saturated carbocycles. The van der Waals surface area contributed by atoms with Crippen molar-refractivity contribution in [1.29, 1.82) is 0 Å². The van der Waals surface area contributed by atoms with Gasteiger partial charge in [-0.3, -0.25) is 4.79 Å². The van der Waals surface area contributed by atoms with Gasteiger partial charge in [-0.05, 0) is 49.8 Å². The fourth-order valence-electron chi connectivity index (χ4n) is 2.65. The van der Waals surface area contributed by atoms with Gasteiger partial charge in [0.25, 0.3) is 0 Å². The Hall–Kier alpha value is -2.73. The smallest absolute Gasteiger partial charge is 0.450 e. The molecule has 0 unspecified atom stereocenters. The molecule has 0 atom stereocenters. The highest BCUT2D eigenvalue weighted by molar-refractivity contribution is 6.30. The number of fused-ring (bicyclic) bond motifs is 1. The first-order valence-electron chi connectivity index (χ1n) is 8.37. The predicted octanol–water partition coefficient (Wildman–Crippen LogP) is 6.48. The maximum absolute atomic E-state index is 13.6. The van der Waals surface area contributed by atoms with Crippen molar-refractivity contribution in [2.45, 2.75) is 20.0 Å². The van der Waals surface area contributed by atoms with Crippen LogP contribution in [0.5, 0.6) is 5.75 Å². The summed E-state index contributed by atoms with van der Waals surface area (Å²) in [6.07, 6.45) is -3.02. The number of allylic oxidation sites excluding steroid dienone is 1. The Morgan fingerprint density at radius 3 is 2.43 bits per heavy atom. The van der Waals surface area contributed by atoms with E-state index in [9.17, 15) is 18.0 Å². The maximum atomic E-state index is 13.6. The van der Waals surface area contributed by atoms with Crippen LogP contribution in [0.2, 0.25) is 5.02 Å². The average Bonchev–Trinajstić information content (AvgIpc) is 2.61. The largest absolute Gasteiger partial charge is 0.489 e. The molecule has 1 heterocycles. The Labute approximate surface area is 164 Å². The summed E-state index contributed by atoms with van der Waals surface area (Å²) in [6, 6.07) is 9.76. The quantitative estimate of drug-likeness (QED) is 0.464. The van der Waals surface area contributed by atoms with E-state index in [0.717, 1.165) is 5.57 Å². The second-order valence-corrected chi connectivity index (χ2v) is 6.83. The van der Waals surface area contributed by atoms with Crippen LogP contribution in [0.4, 0.5) is 13.2 Å². The summed E-state index contributed by atoms with van der Waals surface area (Å²) in [7, 11) is 0. The Morgan fingerprint density at radius 1 is 1.14 bits per heavy atom. The second-order valence-electron chi connectivity index (χ2n) is 6.39. The molecular formula is C21H16ClF3O3. The van der Waals surface area contributed by atoms with Crippen LogP contribution in [0.25, 0.3) is 22.1 Å². The second kappa shape index (κ2) is 7.72. The highest BCUT2D eigenvalue weighted by Crippen LogP contribution is 2.38. The van der Waals surface area contributed by atoms with Gasteiger partial charge in [0.15, 0.2) is 0 Å². The Bertz CT molecular complexity index is 1090. The van der Waals surface area contributed by atoms with E-state index in [-0.39, 0.29) is 23.1 Å². The zero-order valence-corrected chi connectivity index (χ0v) is 15.8. The average molecular weight is 409 g/mol. The van der Waals surface area contributed by atoms with Crippen LogP contribution in [-0.2, 0) is 6.18 Å². The number of alkyl halides is 3. The van der Waals surface area contributed by atoms with E-state index in [0.29, 0.717) is 10.8 Å². The number of ether oxygens (including phenoxy) is 1. The number of hydrogen-bond donors (Lipinski definition) is 0. The van der Waals surface area contributed by atoms with Crippen LogP contribution in [0, 0.1) is 0 Å². The van der Waals surface area contributed by atoms with Gasteiger partial charge in [0.2, 0.25) is 11.2 Å². The first kappa shape index (κ1) is 20.0. The van der Waals surface area contributed by atoms with Crippen molar-refractivity contribution in [3.8, 4) is 16.9 Å². The fraction of sp³-hybridized carbons (Fsp3) is 0.190. The standard InChI is InChI=1S/C21H16ClF3O3/c1-12(2)9-10-27-15-7-8-16-17(11-15)28-20(21(23,24)25)18(19(16)26)13-3-5-14(22)6-4-13/h3-9,11H,10H2,1-2H3. The third kappa shape index (κ3) is 4.22. The van der Waals surface area contributed by atoms with Crippen LogP contribution >= 0.6 is 11.6 Å². The molecule has 146 valence electrons. The minimum Gasteiger partial charge on any atom is -0.489 e. The van der Waals surface area contributed by atoms with Gasteiger partial charge in [-0.15, -0.1) is 0 Å². The van der Waals surface area contributed by atoms with Crippen LogP contribution in [0.1, 0.15) is 19.6 Å². The monoisotopic (exact) mass is 408 g/mol. The van der Waals surface area contributed by atoms with Gasteiger partial charge in [-0.2, -0.15) is 13.2 Å². The summed E-state index contributed by atoms with van der Waals surface area (Å²) >= 11 is 5.80. The van der Waals surface area contributed by atoms with Crippen molar-refractivity contribution in [2.24, 2.45) is 0 Å². The molecule has 0 aliphatic heterocycles.